The molecule has 3 aromatic rings. The first kappa shape index (κ1) is 16.0. The summed E-state index contributed by atoms with van der Waals surface area (Å²) in [5, 5.41) is 2.94. The smallest absolute Gasteiger partial charge is 0.224 e. The van der Waals surface area contributed by atoms with E-state index in [4.69, 9.17) is 16.3 Å². The standard InChI is InChI=1S/C21H18ClNO2/c1-14(24)23-18(13-25-19-10-8-17(22)9-11-19)12-16-7-6-15-4-2-3-5-20(15)21(16)23/h2-11,18H,12-13H2,1H3. The zero-order valence-corrected chi connectivity index (χ0v) is 14.7. The Kier molecular flexibility index (Phi) is 4.10. The number of amides is 1. The molecule has 1 heterocycles. The third-order valence-corrected chi connectivity index (χ3v) is 4.89. The fraction of sp³-hybridized carbons (Fsp3) is 0.190. The molecule has 3 nitrogen and oxygen atoms in total. The Labute approximate surface area is 151 Å². The molecule has 0 aromatic heterocycles. The van der Waals surface area contributed by atoms with E-state index in [0.717, 1.165) is 28.6 Å². The lowest BCUT2D eigenvalue weighted by atomic mass is 10.0. The van der Waals surface area contributed by atoms with Crippen LogP contribution >= 0.6 is 11.6 Å². The molecule has 3 aromatic carbocycles. The van der Waals surface area contributed by atoms with Crippen molar-refractivity contribution in [1.29, 1.82) is 0 Å². The van der Waals surface area contributed by atoms with Gasteiger partial charge in [-0.05, 0) is 41.6 Å². The maximum absolute atomic E-state index is 12.4. The second-order valence-electron chi connectivity index (χ2n) is 6.31. The monoisotopic (exact) mass is 351 g/mol. The van der Waals surface area contributed by atoms with E-state index in [1.807, 2.05) is 29.2 Å². The highest BCUT2D eigenvalue weighted by Gasteiger charge is 2.33. The average molecular weight is 352 g/mol. The number of halogens is 1. The van der Waals surface area contributed by atoms with E-state index >= 15 is 0 Å². The Bertz CT molecular complexity index is 936. The van der Waals surface area contributed by atoms with Crippen molar-refractivity contribution in [2.24, 2.45) is 0 Å². The molecular weight excluding hydrogens is 334 g/mol. The normalized spacial score (nSPS) is 16.1. The molecule has 0 aliphatic carbocycles. The van der Waals surface area contributed by atoms with Crippen molar-refractivity contribution in [1.82, 2.24) is 0 Å². The number of hydrogen-bond acceptors (Lipinski definition) is 2. The van der Waals surface area contributed by atoms with Gasteiger partial charge in [0.05, 0.1) is 11.7 Å². The van der Waals surface area contributed by atoms with Crippen LogP contribution in [0.1, 0.15) is 12.5 Å². The Morgan fingerprint density at radius 2 is 1.88 bits per heavy atom. The molecule has 1 atom stereocenters. The molecule has 0 fully saturated rings. The minimum absolute atomic E-state index is 0.00557. The van der Waals surface area contributed by atoms with E-state index in [-0.39, 0.29) is 11.9 Å². The first-order valence-electron chi connectivity index (χ1n) is 8.32. The molecule has 0 spiro atoms. The average Bonchev–Trinajstić information content (AvgIpc) is 3.00. The summed E-state index contributed by atoms with van der Waals surface area (Å²) in [5.41, 5.74) is 2.22. The molecule has 126 valence electrons. The minimum atomic E-state index is -0.00557. The molecule has 0 N–H and O–H groups in total. The van der Waals surface area contributed by atoms with Gasteiger partial charge in [0.1, 0.15) is 12.4 Å². The summed E-state index contributed by atoms with van der Waals surface area (Å²) < 4.78 is 5.92. The van der Waals surface area contributed by atoms with Gasteiger partial charge in [-0.1, -0.05) is 48.0 Å². The van der Waals surface area contributed by atoms with Crippen molar-refractivity contribution in [3.8, 4) is 5.75 Å². The number of hydrogen-bond donors (Lipinski definition) is 0. The molecule has 1 aliphatic rings. The molecule has 25 heavy (non-hydrogen) atoms. The maximum atomic E-state index is 12.4. The first-order valence-corrected chi connectivity index (χ1v) is 8.70. The Hall–Kier alpha value is -2.52. The summed E-state index contributed by atoms with van der Waals surface area (Å²) in [6, 6.07) is 19.7. The van der Waals surface area contributed by atoms with Crippen LogP contribution < -0.4 is 9.64 Å². The molecule has 0 bridgehead atoms. The number of fused-ring (bicyclic) bond motifs is 3. The van der Waals surface area contributed by atoms with Gasteiger partial charge in [-0.2, -0.15) is 0 Å². The lowest BCUT2D eigenvalue weighted by Gasteiger charge is -2.25. The van der Waals surface area contributed by atoms with Crippen molar-refractivity contribution in [2.75, 3.05) is 11.5 Å². The predicted molar refractivity (Wildman–Crippen MR) is 102 cm³/mol. The number of rotatable bonds is 3. The van der Waals surface area contributed by atoms with Crippen LogP contribution in [0.15, 0.2) is 60.7 Å². The lowest BCUT2D eigenvalue weighted by molar-refractivity contribution is -0.117. The van der Waals surface area contributed by atoms with Crippen LogP contribution in [-0.4, -0.2) is 18.6 Å². The fourth-order valence-electron chi connectivity index (χ4n) is 3.55. The molecule has 1 amide bonds. The van der Waals surface area contributed by atoms with Gasteiger partial charge < -0.3 is 9.64 Å². The maximum Gasteiger partial charge on any atom is 0.224 e. The number of ether oxygens (including phenoxy) is 1. The number of carbonyl (C=O) groups is 1. The SMILES string of the molecule is CC(=O)N1c2c(ccc3ccccc23)CC1COc1ccc(Cl)cc1. The number of anilines is 1. The second-order valence-corrected chi connectivity index (χ2v) is 6.74. The van der Waals surface area contributed by atoms with Gasteiger partial charge in [0, 0.05) is 17.3 Å². The Morgan fingerprint density at radius 1 is 1.12 bits per heavy atom. The summed E-state index contributed by atoms with van der Waals surface area (Å²) in [4.78, 5) is 14.3. The van der Waals surface area contributed by atoms with E-state index < -0.39 is 0 Å². The van der Waals surface area contributed by atoms with Gasteiger partial charge in [0.25, 0.3) is 0 Å². The fourth-order valence-corrected chi connectivity index (χ4v) is 3.67. The van der Waals surface area contributed by atoms with Gasteiger partial charge in [0.2, 0.25) is 5.91 Å². The molecule has 1 unspecified atom stereocenters. The van der Waals surface area contributed by atoms with Crippen molar-refractivity contribution in [3.63, 3.8) is 0 Å². The van der Waals surface area contributed by atoms with Crippen LogP contribution in [0, 0.1) is 0 Å². The van der Waals surface area contributed by atoms with Gasteiger partial charge in [-0.3, -0.25) is 4.79 Å². The van der Waals surface area contributed by atoms with Gasteiger partial charge in [-0.25, -0.2) is 0 Å². The summed E-state index contributed by atoms with van der Waals surface area (Å²) in [6.07, 6.45) is 0.799. The van der Waals surface area contributed by atoms with Crippen molar-refractivity contribution in [3.05, 3.63) is 71.2 Å². The van der Waals surface area contributed by atoms with E-state index in [1.54, 1.807) is 19.1 Å². The lowest BCUT2D eigenvalue weighted by Crippen LogP contribution is -2.40. The Morgan fingerprint density at radius 3 is 2.64 bits per heavy atom. The molecule has 0 radical (unpaired) electrons. The van der Waals surface area contributed by atoms with Crippen LogP contribution in [0.2, 0.25) is 5.02 Å². The molecule has 0 saturated heterocycles. The number of carbonyl (C=O) groups excluding carboxylic acids is 1. The zero-order valence-electron chi connectivity index (χ0n) is 13.9. The van der Waals surface area contributed by atoms with Crippen molar-refractivity contribution in [2.45, 2.75) is 19.4 Å². The molecule has 4 heteroatoms. The molecule has 4 rings (SSSR count). The summed E-state index contributed by atoms with van der Waals surface area (Å²) in [7, 11) is 0. The predicted octanol–water partition coefficient (Wildman–Crippen LogP) is 4.85. The van der Waals surface area contributed by atoms with Crippen LogP contribution in [0.5, 0.6) is 5.75 Å². The largest absolute Gasteiger partial charge is 0.491 e. The molecule has 0 saturated carbocycles. The van der Waals surface area contributed by atoms with Gasteiger partial charge >= 0.3 is 0 Å². The highest BCUT2D eigenvalue weighted by Crippen LogP contribution is 2.38. The van der Waals surface area contributed by atoms with E-state index in [1.165, 1.54) is 5.56 Å². The quantitative estimate of drug-likeness (QED) is 0.675. The summed E-state index contributed by atoms with van der Waals surface area (Å²) >= 11 is 5.91. The van der Waals surface area contributed by atoms with Crippen LogP contribution in [-0.2, 0) is 11.2 Å². The molecular formula is C21H18ClNO2. The minimum Gasteiger partial charge on any atom is -0.491 e. The van der Waals surface area contributed by atoms with Crippen LogP contribution in [0.4, 0.5) is 5.69 Å². The second kappa shape index (κ2) is 6.41. The third-order valence-electron chi connectivity index (χ3n) is 4.64. The highest BCUT2D eigenvalue weighted by molar-refractivity contribution is 6.30. The third kappa shape index (κ3) is 2.96. The Balaban J connectivity index is 1.64. The van der Waals surface area contributed by atoms with Crippen LogP contribution in [0.25, 0.3) is 10.8 Å². The van der Waals surface area contributed by atoms with Crippen molar-refractivity contribution >= 4 is 34.0 Å². The molecule has 1 aliphatic heterocycles. The van der Waals surface area contributed by atoms with Gasteiger partial charge in [0.15, 0.2) is 0 Å². The summed E-state index contributed by atoms with van der Waals surface area (Å²) in [6.45, 7) is 2.07. The summed E-state index contributed by atoms with van der Waals surface area (Å²) in [5.74, 6) is 0.800. The topological polar surface area (TPSA) is 29.5 Å². The number of benzene rings is 3. The van der Waals surface area contributed by atoms with E-state index in [2.05, 4.69) is 24.3 Å². The highest BCUT2D eigenvalue weighted by atomic mass is 35.5. The van der Waals surface area contributed by atoms with E-state index in [9.17, 15) is 4.79 Å². The van der Waals surface area contributed by atoms with Crippen LogP contribution in [0.3, 0.4) is 0 Å². The first-order chi connectivity index (χ1) is 12.1. The number of nitrogens with zero attached hydrogens (tertiary/aromatic N) is 1. The van der Waals surface area contributed by atoms with E-state index in [0.29, 0.717) is 11.6 Å². The zero-order chi connectivity index (χ0) is 17.4. The van der Waals surface area contributed by atoms with Gasteiger partial charge in [-0.15, -0.1) is 0 Å². The van der Waals surface area contributed by atoms with Crippen molar-refractivity contribution < 1.29 is 9.53 Å².